The van der Waals surface area contributed by atoms with Gasteiger partial charge in [-0.15, -0.1) is 12.4 Å². The molecule has 0 aromatic heterocycles. The lowest BCUT2D eigenvalue weighted by Gasteiger charge is -2.32. The van der Waals surface area contributed by atoms with Gasteiger partial charge in [-0.2, -0.15) is 0 Å². The van der Waals surface area contributed by atoms with E-state index in [1.807, 2.05) is 11.9 Å². The Labute approximate surface area is 112 Å². The highest BCUT2D eigenvalue weighted by Gasteiger charge is 2.22. The third kappa shape index (κ3) is 6.27. The third-order valence-electron chi connectivity index (χ3n) is 3.34. The Morgan fingerprint density at radius 1 is 1.29 bits per heavy atom. The predicted molar refractivity (Wildman–Crippen MR) is 74.6 cm³/mol. The van der Waals surface area contributed by atoms with E-state index in [9.17, 15) is 4.79 Å². The molecule has 1 N–H and O–H groups in total. The van der Waals surface area contributed by atoms with Crippen LogP contribution in [0.2, 0.25) is 0 Å². The summed E-state index contributed by atoms with van der Waals surface area (Å²) in [5, 5.41) is 3.28. The highest BCUT2D eigenvalue weighted by molar-refractivity contribution is 5.85. The largest absolute Gasteiger partial charge is 0.343 e. The minimum atomic E-state index is 0. The fraction of sp³-hybridized carbons (Fsp3) is 0.923. The zero-order chi connectivity index (χ0) is 12.2. The molecule has 102 valence electrons. The molecule has 1 aliphatic rings. The molecule has 1 saturated heterocycles. The monoisotopic (exact) mass is 262 g/mol. The summed E-state index contributed by atoms with van der Waals surface area (Å²) >= 11 is 0. The van der Waals surface area contributed by atoms with Crippen LogP contribution >= 0.6 is 12.4 Å². The number of carbonyl (C=O) groups is 1. The number of carbonyl (C=O) groups excluding carboxylic acids is 1. The van der Waals surface area contributed by atoms with Gasteiger partial charge in [0.2, 0.25) is 5.91 Å². The molecule has 1 rings (SSSR count). The SMILES string of the molecule is CNC1CCN(C(=O)CCC(C)(C)C)CC1.Cl. The molecule has 3 nitrogen and oxygen atoms in total. The highest BCUT2D eigenvalue weighted by Crippen LogP contribution is 2.22. The third-order valence-corrected chi connectivity index (χ3v) is 3.34. The maximum Gasteiger partial charge on any atom is 0.222 e. The number of nitrogens with zero attached hydrogens (tertiary/aromatic N) is 1. The van der Waals surface area contributed by atoms with Gasteiger partial charge in [-0.05, 0) is 31.7 Å². The van der Waals surface area contributed by atoms with Gasteiger partial charge in [0.15, 0.2) is 0 Å². The predicted octanol–water partition coefficient (Wildman–Crippen LogP) is 2.44. The van der Waals surface area contributed by atoms with E-state index in [2.05, 4.69) is 26.1 Å². The second kappa shape index (κ2) is 7.22. The fourth-order valence-electron chi connectivity index (χ4n) is 2.06. The number of nitrogens with one attached hydrogen (secondary N) is 1. The molecule has 1 heterocycles. The average Bonchev–Trinajstić information content (AvgIpc) is 2.25. The molecule has 0 atom stereocenters. The van der Waals surface area contributed by atoms with E-state index >= 15 is 0 Å². The second-order valence-electron chi connectivity index (χ2n) is 6.00. The zero-order valence-electron chi connectivity index (χ0n) is 11.6. The van der Waals surface area contributed by atoms with Gasteiger partial charge in [-0.1, -0.05) is 20.8 Å². The minimum Gasteiger partial charge on any atom is -0.343 e. The van der Waals surface area contributed by atoms with E-state index in [0.717, 1.165) is 32.4 Å². The number of rotatable bonds is 3. The lowest BCUT2D eigenvalue weighted by Crippen LogP contribution is -2.44. The summed E-state index contributed by atoms with van der Waals surface area (Å²) < 4.78 is 0. The van der Waals surface area contributed by atoms with Crippen molar-refractivity contribution in [2.24, 2.45) is 5.41 Å². The Kier molecular flexibility index (Phi) is 7.10. The van der Waals surface area contributed by atoms with E-state index in [1.54, 1.807) is 0 Å². The van der Waals surface area contributed by atoms with Crippen LogP contribution in [0.1, 0.15) is 46.5 Å². The molecule has 0 unspecified atom stereocenters. The van der Waals surface area contributed by atoms with Crippen LogP contribution in [0.4, 0.5) is 0 Å². The van der Waals surface area contributed by atoms with E-state index in [-0.39, 0.29) is 17.8 Å². The van der Waals surface area contributed by atoms with Gasteiger partial charge in [-0.25, -0.2) is 0 Å². The van der Waals surface area contributed by atoms with Crippen LogP contribution in [0.25, 0.3) is 0 Å². The van der Waals surface area contributed by atoms with Gasteiger partial charge in [-0.3, -0.25) is 4.79 Å². The quantitative estimate of drug-likeness (QED) is 0.847. The first-order chi connectivity index (χ1) is 7.42. The highest BCUT2D eigenvalue weighted by atomic mass is 35.5. The van der Waals surface area contributed by atoms with Crippen molar-refractivity contribution >= 4 is 18.3 Å². The molecule has 4 heteroatoms. The van der Waals surface area contributed by atoms with Crippen molar-refractivity contribution in [2.75, 3.05) is 20.1 Å². The number of likely N-dealkylation sites (tertiary alicyclic amines) is 1. The van der Waals surface area contributed by atoms with E-state index in [4.69, 9.17) is 0 Å². The number of piperidine rings is 1. The van der Waals surface area contributed by atoms with Gasteiger partial charge in [0.25, 0.3) is 0 Å². The Balaban J connectivity index is 0.00000256. The van der Waals surface area contributed by atoms with Gasteiger partial charge < -0.3 is 10.2 Å². The molecule has 0 saturated carbocycles. The van der Waals surface area contributed by atoms with Crippen molar-refractivity contribution < 1.29 is 4.79 Å². The summed E-state index contributed by atoms with van der Waals surface area (Å²) in [4.78, 5) is 14.0. The normalized spacial score (nSPS) is 17.8. The summed E-state index contributed by atoms with van der Waals surface area (Å²) in [7, 11) is 2.00. The molecule has 0 bridgehead atoms. The lowest BCUT2D eigenvalue weighted by atomic mass is 9.90. The van der Waals surface area contributed by atoms with Crippen LogP contribution in [-0.4, -0.2) is 37.0 Å². The summed E-state index contributed by atoms with van der Waals surface area (Å²) in [6, 6.07) is 0.603. The number of amides is 1. The van der Waals surface area contributed by atoms with Gasteiger partial charge >= 0.3 is 0 Å². The Bertz CT molecular complexity index is 230. The first kappa shape index (κ1) is 16.7. The van der Waals surface area contributed by atoms with Crippen LogP contribution in [0, 0.1) is 5.41 Å². The molecule has 17 heavy (non-hydrogen) atoms. The smallest absolute Gasteiger partial charge is 0.222 e. The van der Waals surface area contributed by atoms with Crippen molar-refractivity contribution in [1.29, 1.82) is 0 Å². The van der Waals surface area contributed by atoms with E-state index in [1.165, 1.54) is 0 Å². The van der Waals surface area contributed by atoms with Crippen LogP contribution in [0.3, 0.4) is 0 Å². The summed E-state index contributed by atoms with van der Waals surface area (Å²) in [5.74, 6) is 0.337. The molecule has 0 spiro atoms. The number of hydrogen-bond acceptors (Lipinski definition) is 2. The average molecular weight is 263 g/mol. The van der Waals surface area contributed by atoms with Crippen molar-refractivity contribution in [3.63, 3.8) is 0 Å². The van der Waals surface area contributed by atoms with E-state index < -0.39 is 0 Å². The van der Waals surface area contributed by atoms with Crippen LogP contribution in [-0.2, 0) is 4.79 Å². The zero-order valence-corrected chi connectivity index (χ0v) is 12.4. The maximum absolute atomic E-state index is 11.9. The van der Waals surface area contributed by atoms with Crippen LogP contribution < -0.4 is 5.32 Å². The maximum atomic E-state index is 11.9. The molecular weight excluding hydrogens is 236 g/mol. The lowest BCUT2D eigenvalue weighted by molar-refractivity contribution is -0.132. The van der Waals surface area contributed by atoms with Crippen LogP contribution in [0.5, 0.6) is 0 Å². The Hall–Kier alpha value is -0.280. The molecular formula is C13H27ClN2O. The number of halogens is 1. The van der Waals surface area contributed by atoms with Gasteiger partial charge in [0.1, 0.15) is 0 Å². The first-order valence-corrected chi connectivity index (χ1v) is 6.37. The molecule has 1 fully saturated rings. The molecule has 1 aliphatic heterocycles. The van der Waals surface area contributed by atoms with E-state index in [0.29, 0.717) is 18.4 Å². The minimum absolute atomic E-state index is 0. The number of hydrogen-bond donors (Lipinski definition) is 1. The summed E-state index contributed by atoms with van der Waals surface area (Å²) in [6.07, 6.45) is 3.88. The topological polar surface area (TPSA) is 32.3 Å². The summed E-state index contributed by atoms with van der Waals surface area (Å²) in [5.41, 5.74) is 0.263. The van der Waals surface area contributed by atoms with Gasteiger partial charge in [0.05, 0.1) is 0 Å². The van der Waals surface area contributed by atoms with Crippen molar-refractivity contribution in [2.45, 2.75) is 52.5 Å². The molecule has 0 aliphatic carbocycles. The second-order valence-corrected chi connectivity index (χ2v) is 6.00. The van der Waals surface area contributed by atoms with Gasteiger partial charge in [0, 0.05) is 25.6 Å². The Morgan fingerprint density at radius 2 is 1.82 bits per heavy atom. The van der Waals surface area contributed by atoms with Crippen molar-refractivity contribution in [3.8, 4) is 0 Å². The van der Waals surface area contributed by atoms with Crippen molar-refractivity contribution in [3.05, 3.63) is 0 Å². The van der Waals surface area contributed by atoms with Crippen LogP contribution in [0.15, 0.2) is 0 Å². The first-order valence-electron chi connectivity index (χ1n) is 6.37. The van der Waals surface area contributed by atoms with Crippen molar-refractivity contribution in [1.82, 2.24) is 10.2 Å². The molecule has 0 radical (unpaired) electrons. The molecule has 0 aromatic rings. The fourth-order valence-corrected chi connectivity index (χ4v) is 2.06. The Morgan fingerprint density at radius 3 is 2.24 bits per heavy atom. The molecule has 1 amide bonds. The molecule has 0 aromatic carbocycles. The standard InChI is InChI=1S/C13H26N2O.ClH/c1-13(2,3)8-5-12(16)15-9-6-11(14-4)7-10-15;/h11,14H,5-10H2,1-4H3;1H. The summed E-state index contributed by atoms with van der Waals surface area (Å²) in [6.45, 7) is 8.41.